The molecule has 2 aromatic rings. The van der Waals surface area contributed by atoms with Gasteiger partial charge in [-0.25, -0.2) is 4.39 Å². The van der Waals surface area contributed by atoms with Gasteiger partial charge in [-0.3, -0.25) is 4.90 Å². The van der Waals surface area contributed by atoms with Crippen LogP contribution in [0.1, 0.15) is 19.1 Å². The molecule has 1 aromatic carbocycles. The number of halogens is 2. The Morgan fingerprint density at radius 2 is 2.20 bits per heavy atom. The van der Waals surface area contributed by atoms with E-state index < -0.39 is 0 Å². The van der Waals surface area contributed by atoms with Crippen LogP contribution in [0.2, 0.25) is 0 Å². The fourth-order valence-corrected chi connectivity index (χ4v) is 2.80. The van der Waals surface area contributed by atoms with E-state index >= 15 is 0 Å². The molecule has 2 N–H and O–H groups in total. The molecule has 1 aromatic heterocycles. The molecule has 1 saturated heterocycles. The van der Waals surface area contributed by atoms with Crippen molar-refractivity contribution in [3.63, 3.8) is 0 Å². The lowest BCUT2D eigenvalue weighted by molar-refractivity contribution is 0.258. The number of hydrogen-bond donors (Lipinski definition) is 1. The second-order valence-corrected chi connectivity index (χ2v) is 5.87. The Hall–Kier alpha value is -1.10. The molecule has 3 nitrogen and oxygen atoms in total. The summed E-state index contributed by atoms with van der Waals surface area (Å²) in [6, 6.07) is 6.55. The number of hydrogen-bond acceptors (Lipinski definition) is 3. The van der Waals surface area contributed by atoms with Crippen molar-refractivity contribution in [2.24, 2.45) is 11.1 Å². The predicted molar refractivity (Wildman–Crippen MR) is 80.5 cm³/mol. The van der Waals surface area contributed by atoms with Crippen molar-refractivity contribution in [1.82, 2.24) is 4.90 Å². The standard InChI is InChI=1S/C15H19FN2O.ClH/c1-15(9-17)4-5-18(10-15)8-13-7-11-6-12(16)2-3-14(11)19-13;/h2-3,6-7H,4-5,8-10,17H2,1H3;1H. The minimum absolute atomic E-state index is 0. The van der Waals surface area contributed by atoms with Gasteiger partial charge in [0, 0.05) is 11.9 Å². The second-order valence-electron chi connectivity index (χ2n) is 5.87. The molecule has 1 fully saturated rings. The number of fused-ring (bicyclic) bond motifs is 1. The zero-order valence-electron chi connectivity index (χ0n) is 11.6. The van der Waals surface area contributed by atoms with E-state index in [1.807, 2.05) is 6.07 Å². The summed E-state index contributed by atoms with van der Waals surface area (Å²) in [6.07, 6.45) is 1.12. The molecule has 20 heavy (non-hydrogen) atoms. The lowest BCUT2D eigenvalue weighted by atomic mass is 9.90. The first kappa shape index (κ1) is 15.3. The monoisotopic (exact) mass is 298 g/mol. The molecule has 0 aliphatic carbocycles. The molecule has 1 unspecified atom stereocenters. The Morgan fingerprint density at radius 3 is 2.90 bits per heavy atom. The minimum atomic E-state index is -0.225. The van der Waals surface area contributed by atoms with Gasteiger partial charge in [-0.1, -0.05) is 6.92 Å². The van der Waals surface area contributed by atoms with E-state index in [2.05, 4.69) is 11.8 Å². The van der Waals surface area contributed by atoms with Gasteiger partial charge in [0.15, 0.2) is 0 Å². The average molecular weight is 299 g/mol. The Bertz CT molecular complexity index is 601. The van der Waals surface area contributed by atoms with Crippen molar-refractivity contribution in [3.05, 3.63) is 35.8 Å². The van der Waals surface area contributed by atoms with E-state index in [1.54, 1.807) is 6.07 Å². The number of nitrogens with zero attached hydrogens (tertiary/aromatic N) is 1. The van der Waals surface area contributed by atoms with Crippen LogP contribution >= 0.6 is 12.4 Å². The third kappa shape index (κ3) is 2.97. The van der Waals surface area contributed by atoms with Crippen LogP contribution in [0.25, 0.3) is 11.0 Å². The van der Waals surface area contributed by atoms with Crippen LogP contribution < -0.4 is 5.73 Å². The van der Waals surface area contributed by atoms with Gasteiger partial charge in [0.25, 0.3) is 0 Å². The molecule has 3 rings (SSSR count). The fraction of sp³-hybridized carbons (Fsp3) is 0.467. The van der Waals surface area contributed by atoms with Gasteiger partial charge in [-0.2, -0.15) is 0 Å². The topological polar surface area (TPSA) is 42.4 Å². The summed E-state index contributed by atoms with van der Waals surface area (Å²) in [5.74, 6) is 0.665. The first-order valence-electron chi connectivity index (χ1n) is 6.68. The van der Waals surface area contributed by atoms with Gasteiger partial charge in [0.05, 0.1) is 6.54 Å². The van der Waals surface area contributed by atoms with Crippen LogP contribution in [0.5, 0.6) is 0 Å². The molecule has 0 radical (unpaired) electrons. The lowest BCUT2D eigenvalue weighted by Crippen LogP contribution is -2.31. The van der Waals surface area contributed by atoms with Gasteiger partial charge >= 0.3 is 0 Å². The van der Waals surface area contributed by atoms with Gasteiger partial charge in [0.1, 0.15) is 17.2 Å². The second kappa shape index (κ2) is 5.72. The molecular weight excluding hydrogens is 279 g/mol. The van der Waals surface area contributed by atoms with Crippen molar-refractivity contribution in [2.75, 3.05) is 19.6 Å². The van der Waals surface area contributed by atoms with E-state index in [0.717, 1.165) is 49.3 Å². The van der Waals surface area contributed by atoms with Crippen molar-refractivity contribution >= 4 is 23.4 Å². The number of nitrogens with two attached hydrogens (primary N) is 1. The summed E-state index contributed by atoms with van der Waals surface area (Å²) in [7, 11) is 0. The third-order valence-electron chi connectivity index (χ3n) is 4.04. The van der Waals surface area contributed by atoms with Gasteiger partial charge in [-0.15, -0.1) is 12.4 Å². The zero-order valence-corrected chi connectivity index (χ0v) is 12.4. The highest BCUT2D eigenvalue weighted by Gasteiger charge is 2.32. The van der Waals surface area contributed by atoms with E-state index in [0.29, 0.717) is 0 Å². The highest BCUT2D eigenvalue weighted by Crippen LogP contribution is 2.30. The normalized spacial score (nSPS) is 23.1. The Kier molecular flexibility index (Phi) is 4.37. The third-order valence-corrected chi connectivity index (χ3v) is 4.04. The lowest BCUT2D eigenvalue weighted by Gasteiger charge is -2.21. The summed E-state index contributed by atoms with van der Waals surface area (Å²) in [5.41, 5.74) is 6.78. The Balaban J connectivity index is 0.00000147. The van der Waals surface area contributed by atoms with E-state index in [9.17, 15) is 4.39 Å². The zero-order chi connectivity index (χ0) is 13.5. The Morgan fingerprint density at radius 1 is 1.40 bits per heavy atom. The predicted octanol–water partition coefficient (Wildman–Crippen LogP) is 3.16. The number of benzene rings is 1. The summed E-state index contributed by atoms with van der Waals surface area (Å²) in [6.45, 7) is 5.75. The van der Waals surface area contributed by atoms with Crippen molar-refractivity contribution < 1.29 is 8.81 Å². The number of furan rings is 1. The first-order chi connectivity index (χ1) is 9.08. The van der Waals surface area contributed by atoms with Crippen LogP contribution in [0.15, 0.2) is 28.7 Å². The molecule has 1 aliphatic heterocycles. The van der Waals surface area contributed by atoms with Crippen LogP contribution in [0, 0.1) is 11.2 Å². The van der Waals surface area contributed by atoms with Crippen molar-refractivity contribution in [1.29, 1.82) is 0 Å². The quantitative estimate of drug-likeness (QED) is 0.946. The molecule has 110 valence electrons. The molecule has 0 spiro atoms. The smallest absolute Gasteiger partial charge is 0.134 e. The van der Waals surface area contributed by atoms with Crippen molar-refractivity contribution in [3.8, 4) is 0 Å². The first-order valence-corrected chi connectivity index (χ1v) is 6.68. The molecule has 1 atom stereocenters. The maximum Gasteiger partial charge on any atom is 0.134 e. The highest BCUT2D eigenvalue weighted by molar-refractivity contribution is 5.85. The van der Waals surface area contributed by atoms with Crippen LogP contribution in [0.3, 0.4) is 0 Å². The van der Waals surface area contributed by atoms with Crippen molar-refractivity contribution in [2.45, 2.75) is 19.9 Å². The molecule has 1 aliphatic rings. The summed E-state index contributed by atoms with van der Waals surface area (Å²) < 4.78 is 18.9. The number of likely N-dealkylation sites (tertiary alicyclic amines) is 1. The summed E-state index contributed by atoms with van der Waals surface area (Å²) in [5, 5.41) is 0.829. The highest BCUT2D eigenvalue weighted by atomic mass is 35.5. The fourth-order valence-electron chi connectivity index (χ4n) is 2.80. The maximum absolute atomic E-state index is 13.1. The summed E-state index contributed by atoms with van der Waals surface area (Å²) >= 11 is 0. The molecule has 0 saturated carbocycles. The van der Waals surface area contributed by atoms with E-state index in [4.69, 9.17) is 10.2 Å². The molecule has 5 heteroatoms. The molecule has 0 bridgehead atoms. The largest absolute Gasteiger partial charge is 0.460 e. The van der Waals surface area contributed by atoms with E-state index in [1.165, 1.54) is 12.1 Å². The van der Waals surface area contributed by atoms with Gasteiger partial charge in [0.2, 0.25) is 0 Å². The van der Waals surface area contributed by atoms with Gasteiger partial charge < -0.3 is 10.2 Å². The van der Waals surface area contributed by atoms with E-state index in [-0.39, 0.29) is 23.6 Å². The number of rotatable bonds is 3. The van der Waals surface area contributed by atoms with Crippen LogP contribution in [-0.4, -0.2) is 24.5 Å². The Labute approximate surface area is 124 Å². The maximum atomic E-state index is 13.1. The molecular formula is C15H20ClFN2O. The minimum Gasteiger partial charge on any atom is -0.460 e. The SMILES string of the molecule is CC1(CN)CCN(Cc2cc3cc(F)ccc3o2)C1.Cl. The van der Waals surface area contributed by atoms with Gasteiger partial charge in [-0.05, 0) is 49.2 Å². The molecule has 2 heterocycles. The summed E-state index contributed by atoms with van der Waals surface area (Å²) in [4.78, 5) is 2.35. The van der Waals surface area contributed by atoms with Crippen LogP contribution in [0.4, 0.5) is 4.39 Å². The van der Waals surface area contributed by atoms with Crippen LogP contribution in [-0.2, 0) is 6.54 Å². The average Bonchev–Trinajstić information content (AvgIpc) is 2.93. The molecule has 0 amide bonds.